The third-order valence-corrected chi connectivity index (χ3v) is 10.2. The van der Waals surface area contributed by atoms with Crippen molar-refractivity contribution >= 4 is 74.0 Å². The van der Waals surface area contributed by atoms with Crippen LogP contribution < -0.4 is 5.32 Å². The van der Waals surface area contributed by atoms with E-state index in [4.69, 9.17) is 49.3 Å². The number of para-hydroxylation sites is 1. The number of nitrogens with zero attached hydrogens (tertiary/aromatic N) is 1. The molecule has 1 fully saturated rings. The van der Waals surface area contributed by atoms with E-state index in [-0.39, 0.29) is 25.4 Å². The molecule has 232 valence electrons. The van der Waals surface area contributed by atoms with Crippen molar-refractivity contribution in [2.24, 2.45) is 0 Å². The monoisotopic (exact) mass is 698 g/mol. The second kappa shape index (κ2) is 14.4. The van der Waals surface area contributed by atoms with E-state index in [1.807, 2.05) is 84.9 Å². The summed E-state index contributed by atoms with van der Waals surface area (Å²) in [6, 6.07) is 31.9. The number of benzene rings is 4. The molecular weight excluding hydrogens is 671 g/mol. The first-order valence-electron chi connectivity index (χ1n) is 14.3. The number of hydrogen-bond acceptors (Lipinski definition) is 7. The number of thioether (sulfide) groups is 1. The van der Waals surface area contributed by atoms with Gasteiger partial charge in [-0.15, -0.1) is 11.3 Å². The van der Waals surface area contributed by atoms with Crippen molar-refractivity contribution in [2.75, 3.05) is 5.75 Å². The molecule has 1 amide bonds. The van der Waals surface area contributed by atoms with Gasteiger partial charge < -0.3 is 19.9 Å². The average Bonchev–Trinajstić information content (AvgIpc) is 3.49. The summed E-state index contributed by atoms with van der Waals surface area (Å²) in [5.74, 6) is 0.0509. The van der Waals surface area contributed by atoms with Gasteiger partial charge in [0.15, 0.2) is 10.6 Å². The van der Waals surface area contributed by atoms with Crippen molar-refractivity contribution in [3.63, 3.8) is 0 Å². The molecule has 6 nitrogen and oxygen atoms in total. The summed E-state index contributed by atoms with van der Waals surface area (Å²) < 4.78 is 13.3. The molecule has 6 rings (SSSR count). The molecule has 0 saturated carbocycles. The lowest BCUT2D eigenvalue weighted by molar-refractivity contribution is -0.245. The third-order valence-electron chi connectivity index (χ3n) is 7.41. The number of thiazole rings is 1. The highest BCUT2D eigenvalue weighted by molar-refractivity contribution is 8.01. The average molecular weight is 700 g/mol. The highest BCUT2D eigenvalue weighted by Crippen LogP contribution is 2.41. The Balaban J connectivity index is 1.22. The number of hydrogen-bond donors (Lipinski definition) is 2. The minimum Gasteiger partial charge on any atom is -0.392 e. The minimum atomic E-state index is -2.02. The summed E-state index contributed by atoms with van der Waals surface area (Å²) in [4.78, 5) is 16.8. The van der Waals surface area contributed by atoms with Crippen molar-refractivity contribution in [3.05, 3.63) is 119 Å². The molecule has 0 spiro atoms. The maximum atomic E-state index is 12.0. The minimum absolute atomic E-state index is 0.00770. The number of carbonyl (C=O) groups excluding carboxylic acids is 1. The number of amides is 1. The molecule has 5 aromatic rings. The molecule has 3 atom stereocenters. The van der Waals surface area contributed by atoms with E-state index < -0.39 is 16.0 Å². The summed E-state index contributed by atoms with van der Waals surface area (Å²) in [6.07, 6.45) is -0.175. The number of aromatic nitrogens is 1. The van der Waals surface area contributed by atoms with Crippen LogP contribution in [0.15, 0.2) is 101 Å². The lowest BCUT2D eigenvalue weighted by Gasteiger charge is -2.36. The van der Waals surface area contributed by atoms with Crippen LogP contribution in [-0.4, -0.2) is 31.6 Å². The molecular formula is C34H29Cl3N2O4S2. The third kappa shape index (κ3) is 8.20. The summed E-state index contributed by atoms with van der Waals surface area (Å²) in [6.45, 7) is 0.214. The molecule has 0 unspecified atom stereocenters. The van der Waals surface area contributed by atoms with Crippen LogP contribution >= 0.6 is 57.9 Å². The number of fused-ring (bicyclic) bond motifs is 1. The number of aliphatic hydroxyl groups excluding tert-OH is 1. The summed E-state index contributed by atoms with van der Waals surface area (Å²) in [5.41, 5.74) is 6.60. The van der Waals surface area contributed by atoms with Gasteiger partial charge >= 0.3 is 0 Å². The Morgan fingerprint density at radius 1 is 0.911 bits per heavy atom. The topological polar surface area (TPSA) is 80.7 Å². The van der Waals surface area contributed by atoms with Gasteiger partial charge in [0.2, 0.25) is 0 Å². The zero-order valence-electron chi connectivity index (χ0n) is 23.9. The molecule has 4 aromatic carbocycles. The van der Waals surface area contributed by atoms with Crippen LogP contribution in [0, 0.1) is 0 Å². The molecule has 0 aliphatic carbocycles. The smallest absolute Gasteiger partial charge is 0.272 e. The zero-order valence-corrected chi connectivity index (χ0v) is 27.8. The maximum absolute atomic E-state index is 12.0. The lowest BCUT2D eigenvalue weighted by atomic mass is 9.99. The highest BCUT2D eigenvalue weighted by atomic mass is 35.6. The molecule has 0 radical (unpaired) electrons. The Labute approximate surface area is 284 Å². The van der Waals surface area contributed by atoms with Gasteiger partial charge in [0.05, 0.1) is 29.0 Å². The number of nitrogens with one attached hydrogen (secondary N) is 1. The number of rotatable bonds is 9. The van der Waals surface area contributed by atoms with Gasteiger partial charge in [-0.3, -0.25) is 4.79 Å². The Kier molecular flexibility index (Phi) is 10.3. The number of ether oxygens (including phenoxy) is 2. The van der Waals surface area contributed by atoms with Crippen LogP contribution in [-0.2, 0) is 27.4 Å². The fourth-order valence-electron chi connectivity index (χ4n) is 5.11. The zero-order chi connectivity index (χ0) is 31.4. The predicted molar refractivity (Wildman–Crippen MR) is 183 cm³/mol. The van der Waals surface area contributed by atoms with Crippen LogP contribution in [0.2, 0.25) is 0 Å². The molecule has 11 heteroatoms. The second-order valence-corrected chi connectivity index (χ2v) is 15.2. The van der Waals surface area contributed by atoms with E-state index in [0.29, 0.717) is 6.42 Å². The summed E-state index contributed by atoms with van der Waals surface area (Å²) in [7, 11) is 0. The largest absolute Gasteiger partial charge is 0.392 e. The molecule has 1 aliphatic heterocycles. The van der Waals surface area contributed by atoms with E-state index in [1.54, 1.807) is 23.1 Å². The van der Waals surface area contributed by atoms with Crippen LogP contribution in [0.3, 0.4) is 0 Å². The summed E-state index contributed by atoms with van der Waals surface area (Å²) >= 11 is 20.5. The van der Waals surface area contributed by atoms with Crippen molar-refractivity contribution in [1.82, 2.24) is 10.3 Å². The fraction of sp³-hybridized carbons (Fsp3) is 0.235. The number of halogens is 3. The molecule has 2 heterocycles. The van der Waals surface area contributed by atoms with E-state index in [0.717, 1.165) is 49.0 Å². The molecule has 0 bridgehead atoms. The Hall–Kier alpha value is -2.66. The molecule has 1 saturated heterocycles. The quantitative estimate of drug-likeness (QED) is 0.118. The second-order valence-electron chi connectivity index (χ2n) is 10.6. The summed E-state index contributed by atoms with van der Waals surface area (Å²) in [5, 5.41) is 12.2. The molecule has 1 aromatic heterocycles. The van der Waals surface area contributed by atoms with Crippen LogP contribution in [0.1, 0.15) is 41.1 Å². The van der Waals surface area contributed by atoms with E-state index in [9.17, 15) is 9.90 Å². The fourth-order valence-corrected chi connectivity index (χ4v) is 7.42. The Morgan fingerprint density at radius 3 is 2.42 bits per heavy atom. The van der Waals surface area contributed by atoms with Gasteiger partial charge in [0, 0.05) is 24.3 Å². The molecule has 45 heavy (non-hydrogen) atoms. The van der Waals surface area contributed by atoms with Gasteiger partial charge in [-0.2, -0.15) is 0 Å². The Bertz CT molecular complexity index is 1740. The SMILES string of the molecule is O=C(NCc1cccc(-c2cccc([C@H]3O[C@@H](CSc4nc5ccccc5s4)C[C@@H](c4ccc(CO)cc4)O3)c2)c1)C(Cl)(Cl)Cl. The first-order valence-corrected chi connectivity index (χ1v) is 17.2. The lowest BCUT2D eigenvalue weighted by Crippen LogP contribution is -2.33. The van der Waals surface area contributed by atoms with Crippen molar-refractivity contribution in [3.8, 4) is 11.1 Å². The first-order chi connectivity index (χ1) is 21.7. The maximum Gasteiger partial charge on any atom is 0.272 e. The van der Waals surface area contributed by atoms with Gasteiger partial charge in [-0.05, 0) is 52.1 Å². The Morgan fingerprint density at radius 2 is 1.67 bits per heavy atom. The number of aliphatic hydroxyl groups is 1. The number of alkyl halides is 3. The highest BCUT2D eigenvalue weighted by Gasteiger charge is 2.33. The van der Waals surface area contributed by atoms with Crippen LogP contribution in [0.25, 0.3) is 21.3 Å². The van der Waals surface area contributed by atoms with E-state index in [1.165, 1.54) is 4.70 Å². The van der Waals surface area contributed by atoms with E-state index >= 15 is 0 Å². The van der Waals surface area contributed by atoms with E-state index in [2.05, 4.69) is 17.4 Å². The van der Waals surface area contributed by atoms with Crippen LogP contribution in [0.5, 0.6) is 0 Å². The molecule has 1 aliphatic rings. The van der Waals surface area contributed by atoms with Crippen molar-refractivity contribution in [2.45, 2.75) is 46.2 Å². The normalized spacial score (nSPS) is 18.6. The first kappa shape index (κ1) is 32.3. The van der Waals surface area contributed by atoms with Crippen molar-refractivity contribution in [1.29, 1.82) is 0 Å². The number of carbonyl (C=O) groups is 1. The standard InChI is InChI=1S/C34H29Cl3N2O4S2/c35-34(36,37)32(41)38-18-22-5-3-6-24(15-22)25-7-4-8-26(16-25)31-42-27(17-29(43-31)23-13-11-21(19-40)12-14-23)20-44-33-39-28-9-1-2-10-30(28)45-33/h1-16,27,29,31,40H,17-20H2,(H,38,41)/t27-,29+,31+/m1/s1. The van der Waals surface area contributed by atoms with Gasteiger partial charge in [0.25, 0.3) is 9.70 Å². The molecule has 2 N–H and O–H groups in total. The van der Waals surface area contributed by atoms with Gasteiger partial charge in [-0.1, -0.05) is 119 Å². The van der Waals surface area contributed by atoms with Gasteiger partial charge in [-0.25, -0.2) is 4.98 Å². The van der Waals surface area contributed by atoms with Crippen molar-refractivity contribution < 1.29 is 19.4 Å². The van der Waals surface area contributed by atoms with Gasteiger partial charge in [0.1, 0.15) is 0 Å². The predicted octanol–water partition coefficient (Wildman–Crippen LogP) is 8.78. The van der Waals surface area contributed by atoms with Crippen LogP contribution in [0.4, 0.5) is 0 Å².